The third-order valence-electron chi connectivity index (χ3n) is 8.58. The van der Waals surface area contributed by atoms with E-state index in [0.717, 1.165) is 25.7 Å². The topological polar surface area (TPSA) is 163 Å². The van der Waals surface area contributed by atoms with Crippen molar-refractivity contribution in [1.82, 2.24) is 0 Å². The van der Waals surface area contributed by atoms with Crippen molar-refractivity contribution in [2.75, 3.05) is 21.3 Å². The first-order valence-corrected chi connectivity index (χ1v) is 20.1. The Bertz CT molecular complexity index is 1320. The molecule has 0 aromatic heterocycles. The van der Waals surface area contributed by atoms with E-state index in [0.29, 0.717) is 22.7 Å². The quantitative estimate of drug-likeness (QED) is 0.0596. The van der Waals surface area contributed by atoms with Crippen LogP contribution in [0.2, 0.25) is 0 Å². The van der Waals surface area contributed by atoms with Crippen molar-refractivity contribution in [2.24, 2.45) is 0 Å². The Balaban J connectivity index is 0.000000320. The van der Waals surface area contributed by atoms with Gasteiger partial charge in [0.2, 0.25) is 0 Å². The minimum Gasteiger partial charge on any atom is -0.744 e. The molecule has 4 rings (SSSR count). The molecule has 0 radical (unpaired) electrons. The molecular formula is C34H54CaN4O6S2. The number of anilines is 4. The molecule has 2 aliphatic rings. The van der Waals surface area contributed by atoms with Gasteiger partial charge in [-0.2, -0.15) is 0 Å². The first kappa shape index (κ1) is 41.9. The molecule has 10 nitrogen and oxygen atoms in total. The summed E-state index contributed by atoms with van der Waals surface area (Å²) in [7, 11) is -8.89. The molecule has 2 heterocycles. The summed E-state index contributed by atoms with van der Waals surface area (Å²) in [5.41, 5.74) is 2.25. The summed E-state index contributed by atoms with van der Waals surface area (Å²) in [5, 5.41) is 12.8. The molecule has 0 saturated carbocycles. The molecule has 260 valence electrons. The van der Waals surface area contributed by atoms with Crippen molar-refractivity contribution >= 4 is 80.7 Å². The van der Waals surface area contributed by atoms with E-state index in [1.165, 1.54) is 102 Å². The zero-order chi connectivity index (χ0) is 33.4. The second-order valence-electron chi connectivity index (χ2n) is 12.5. The molecule has 0 aliphatic carbocycles. The molecule has 0 fully saturated rings. The normalized spacial score (nSPS) is 16.3. The van der Waals surface area contributed by atoms with Crippen LogP contribution in [0.25, 0.3) is 0 Å². The Morgan fingerprint density at radius 2 is 0.830 bits per heavy atom. The maximum absolute atomic E-state index is 11.3. The van der Waals surface area contributed by atoms with E-state index in [2.05, 4.69) is 35.1 Å². The standard InChI is InChI=1S/2C17H28N2O3S.Ca/c2*1-2-3-4-5-6-7-8-9-13-16-18-14-11-10-12-15(17(14)19-16)23(20,21)22;/h2*10-12,16,18-19H,2-9,13H2,1H3,(H,20,21,22);/q;;+2/p-2. The maximum atomic E-state index is 11.3. The fourth-order valence-corrected chi connectivity index (χ4v) is 7.39. The van der Waals surface area contributed by atoms with Gasteiger partial charge in [0.15, 0.2) is 0 Å². The van der Waals surface area contributed by atoms with Gasteiger partial charge in [0.1, 0.15) is 20.2 Å². The third-order valence-corrected chi connectivity index (χ3v) is 10.3. The summed E-state index contributed by atoms with van der Waals surface area (Å²) in [6.45, 7) is 4.45. The fraction of sp³-hybridized carbons (Fsp3) is 0.647. The molecule has 2 aliphatic heterocycles. The van der Waals surface area contributed by atoms with Crippen LogP contribution < -0.4 is 21.3 Å². The predicted octanol–water partition coefficient (Wildman–Crippen LogP) is 8.19. The Labute approximate surface area is 313 Å². The SMILES string of the molecule is CCCCCCCCCCC1Nc2cccc(S(=O)(=O)[O-])c2N1.CCCCCCCCCCC1Nc2cccc(S(=O)(=O)[O-])c2N1.[Ca+2]. The third kappa shape index (κ3) is 14.6. The zero-order valence-electron chi connectivity index (χ0n) is 28.3. The van der Waals surface area contributed by atoms with Gasteiger partial charge in [0, 0.05) is 0 Å². The first-order valence-electron chi connectivity index (χ1n) is 17.3. The van der Waals surface area contributed by atoms with E-state index in [9.17, 15) is 25.9 Å². The molecule has 0 amide bonds. The largest absolute Gasteiger partial charge is 2.00 e. The van der Waals surface area contributed by atoms with Crippen molar-refractivity contribution in [1.29, 1.82) is 0 Å². The van der Waals surface area contributed by atoms with Gasteiger partial charge < -0.3 is 30.4 Å². The van der Waals surface area contributed by atoms with Crippen LogP contribution in [0.5, 0.6) is 0 Å². The van der Waals surface area contributed by atoms with Gasteiger partial charge >= 0.3 is 37.7 Å². The minimum atomic E-state index is -4.44. The van der Waals surface area contributed by atoms with Gasteiger partial charge in [-0.15, -0.1) is 0 Å². The number of hydrogen-bond acceptors (Lipinski definition) is 10. The summed E-state index contributed by atoms with van der Waals surface area (Å²) < 4.78 is 67.7. The number of unbranched alkanes of at least 4 members (excludes halogenated alkanes) is 14. The van der Waals surface area contributed by atoms with E-state index in [1.54, 1.807) is 24.3 Å². The van der Waals surface area contributed by atoms with Crippen molar-refractivity contribution in [3.8, 4) is 0 Å². The maximum Gasteiger partial charge on any atom is 2.00 e. The van der Waals surface area contributed by atoms with E-state index in [-0.39, 0.29) is 59.9 Å². The zero-order valence-corrected chi connectivity index (χ0v) is 32.2. The Morgan fingerprint density at radius 3 is 1.15 bits per heavy atom. The Morgan fingerprint density at radius 1 is 0.511 bits per heavy atom. The van der Waals surface area contributed by atoms with Crippen LogP contribution in [0.15, 0.2) is 46.2 Å². The molecule has 0 spiro atoms. The molecule has 47 heavy (non-hydrogen) atoms. The molecule has 0 saturated heterocycles. The van der Waals surface area contributed by atoms with Crippen molar-refractivity contribution in [3.05, 3.63) is 36.4 Å². The molecule has 2 aromatic rings. The van der Waals surface area contributed by atoms with Crippen molar-refractivity contribution in [2.45, 2.75) is 152 Å². The predicted molar refractivity (Wildman–Crippen MR) is 191 cm³/mol. The summed E-state index contributed by atoms with van der Waals surface area (Å²) in [6.07, 6.45) is 22.1. The van der Waals surface area contributed by atoms with Gasteiger partial charge in [-0.05, 0) is 49.9 Å². The number of nitrogens with one attached hydrogen (secondary N) is 4. The molecule has 13 heteroatoms. The van der Waals surface area contributed by atoms with E-state index in [1.807, 2.05) is 0 Å². The average molecular weight is 719 g/mol. The molecule has 2 atom stereocenters. The first-order chi connectivity index (χ1) is 22.0. The molecule has 4 N–H and O–H groups in total. The Kier molecular flexibility index (Phi) is 19.4. The van der Waals surface area contributed by atoms with Crippen LogP contribution in [0.1, 0.15) is 129 Å². The number of benzene rings is 2. The van der Waals surface area contributed by atoms with Gasteiger partial charge in [-0.25, -0.2) is 16.8 Å². The van der Waals surface area contributed by atoms with Crippen LogP contribution in [-0.2, 0) is 20.2 Å². The van der Waals surface area contributed by atoms with Gasteiger partial charge in [0.25, 0.3) is 0 Å². The minimum absolute atomic E-state index is 0. The fourth-order valence-electron chi connectivity index (χ4n) is 6.07. The molecule has 0 bridgehead atoms. The smallest absolute Gasteiger partial charge is 0.744 e. The van der Waals surface area contributed by atoms with Gasteiger partial charge in [-0.1, -0.05) is 116 Å². The van der Waals surface area contributed by atoms with Crippen molar-refractivity contribution in [3.63, 3.8) is 0 Å². The van der Waals surface area contributed by atoms with Crippen molar-refractivity contribution < 1.29 is 25.9 Å². The van der Waals surface area contributed by atoms with Crippen LogP contribution in [0, 0.1) is 0 Å². The molecule has 2 aromatic carbocycles. The number of hydrogen-bond donors (Lipinski definition) is 4. The monoisotopic (exact) mass is 718 g/mol. The van der Waals surface area contributed by atoms with E-state index >= 15 is 0 Å². The van der Waals surface area contributed by atoms with Gasteiger partial charge in [-0.3, -0.25) is 0 Å². The van der Waals surface area contributed by atoms with E-state index in [4.69, 9.17) is 0 Å². The number of fused-ring (bicyclic) bond motifs is 2. The summed E-state index contributed by atoms with van der Waals surface area (Å²) in [5.74, 6) is 0. The second-order valence-corrected chi connectivity index (χ2v) is 15.2. The molecular weight excluding hydrogens is 665 g/mol. The van der Waals surface area contributed by atoms with Gasteiger partial charge in [0.05, 0.1) is 44.9 Å². The van der Waals surface area contributed by atoms with Crippen LogP contribution in [0.3, 0.4) is 0 Å². The summed E-state index contributed by atoms with van der Waals surface area (Å²) in [6, 6.07) is 9.49. The second kappa shape index (κ2) is 21.7. The van der Waals surface area contributed by atoms with Crippen LogP contribution >= 0.6 is 0 Å². The summed E-state index contributed by atoms with van der Waals surface area (Å²) >= 11 is 0. The summed E-state index contributed by atoms with van der Waals surface area (Å²) in [4.78, 5) is -0.332. The van der Waals surface area contributed by atoms with Crippen LogP contribution in [-0.4, -0.2) is 76.0 Å². The Hall–Kier alpha value is -1.28. The van der Waals surface area contributed by atoms with E-state index < -0.39 is 20.2 Å². The number of rotatable bonds is 20. The average Bonchev–Trinajstić information content (AvgIpc) is 3.62. The van der Waals surface area contributed by atoms with Crippen LogP contribution in [0.4, 0.5) is 22.7 Å². The molecule has 2 unspecified atom stereocenters. The number of para-hydroxylation sites is 2.